The van der Waals surface area contributed by atoms with Crippen LogP contribution in [0.5, 0.6) is 0 Å². The monoisotopic (exact) mass is 657 g/mol. The van der Waals surface area contributed by atoms with E-state index in [-0.39, 0.29) is 5.92 Å². The maximum absolute atomic E-state index is 6.63. The molecule has 2 unspecified atom stereocenters. The van der Waals surface area contributed by atoms with Crippen LogP contribution in [0.15, 0.2) is 161 Å². The molecule has 4 nitrogen and oxygen atoms in total. The molecule has 3 heterocycles. The number of nitrogens with zero attached hydrogens (tertiary/aromatic N) is 3. The number of para-hydroxylation sites is 1. The molecular weight excluding hydrogens is 631 g/mol. The van der Waals surface area contributed by atoms with Gasteiger partial charge in [0.2, 0.25) is 0 Å². The smallest absolute Gasteiger partial charge is 0.165 e. The minimum absolute atomic E-state index is 0.258. The van der Waals surface area contributed by atoms with Gasteiger partial charge in [-0.1, -0.05) is 133 Å². The molecule has 2 aromatic heterocycles. The molecule has 0 N–H and O–H groups in total. The maximum Gasteiger partial charge on any atom is 0.165 e. The predicted octanol–water partition coefficient (Wildman–Crippen LogP) is 11.8. The van der Waals surface area contributed by atoms with Crippen molar-refractivity contribution in [3.8, 4) is 22.8 Å². The van der Waals surface area contributed by atoms with Crippen LogP contribution in [0.1, 0.15) is 17.3 Å². The Morgan fingerprint density at radius 2 is 1.16 bits per heavy atom. The van der Waals surface area contributed by atoms with E-state index < -0.39 is 0 Å². The Labute approximate surface area is 291 Å². The molecule has 0 amide bonds. The van der Waals surface area contributed by atoms with Crippen LogP contribution in [0.25, 0.3) is 82.6 Å². The highest BCUT2D eigenvalue weighted by molar-refractivity contribution is 8.00. The van der Waals surface area contributed by atoms with Crippen molar-refractivity contribution in [1.29, 1.82) is 0 Å². The first kappa shape index (κ1) is 27.9. The lowest BCUT2D eigenvalue weighted by atomic mass is 9.89. The zero-order chi connectivity index (χ0) is 32.8. The van der Waals surface area contributed by atoms with Gasteiger partial charge in [-0.15, -0.1) is 11.8 Å². The van der Waals surface area contributed by atoms with E-state index in [0.29, 0.717) is 22.7 Å². The maximum atomic E-state index is 6.63. The number of allylic oxidation sites excluding steroid dienone is 3. The number of thioether (sulfide) groups is 1. The zero-order valence-electron chi connectivity index (χ0n) is 26.7. The summed E-state index contributed by atoms with van der Waals surface area (Å²) in [6.07, 6.45) is 6.87. The van der Waals surface area contributed by atoms with E-state index in [9.17, 15) is 0 Å². The highest BCUT2D eigenvalue weighted by Crippen LogP contribution is 2.50. The van der Waals surface area contributed by atoms with Crippen molar-refractivity contribution >= 4 is 71.6 Å². The lowest BCUT2D eigenvalue weighted by Crippen LogP contribution is -2.11. The normalized spacial score (nSPS) is 16.8. The average Bonchev–Trinajstić information content (AvgIpc) is 3.75. The van der Waals surface area contributed by atoms with Crippen LogP contribution >= 0.6 is 11.8 Å². The summed E-state index contributed by atoms with van der Waals surface area (Å²) >= 11 is 1.93. The second-order valence-electron chi connectivity index (χ2n) is 13.0. The Kier molecular flexibility index (Phi) is 5.98. The van der Waals surface area contributed by atoms with E-state index in [1.807, 2.05) is 42.1 Å². The molecule has 0 radical (unpaired) electrons. The van der Waals surface area contributed by atoms with Crippen molar-refractivity contribution in [3.05, 3.63) is 163 Å². The van der Waals surface area contributed by atoms with Crippen LogP contribution < -0.4 is 0 Å². The third-order valence-corrected chi connectivity index (χ3v) is 11.6. The molecule has 9 aromatic rings. The van der Waals surface area contributed by atoms with Crippen LogP contribution in [0, 0.1) is 0 Å². The van der Waals surface area contributed by atoms with Gasteiger partial charge in [0.05, 0.1) is 0 Å². The summed E-state index contributed by atoms with van der Waals surface area (Å²) in [5.74, 6) is 2.20. The second kappa shape index (κ2) is 10.7. The predicted molar refractivity (Wildman–Crippen MR) is 206 cm³/mol. The fourth-order valence-electron chi connectivity index (χ4n) is 8.02. The van der Waals surface area contributed by atoms with Gasteiger partial charge in [-0.05, 0) is 50.7 Å². The molecule has 0 saturated carbocycles. The summed E-state index contributed by atoms with van der Waals surface area (Å²) in [6.45, 7) is 0. The Bertz CT molecular complexity index is 2920. The number of fused-ring (bicyclic) bond motifs is 12. The van der Waals surface area contributed by atoms with Crippen molar-refractivity contribution in [1.82, 2.24) is 15.0 Å². The molecule has 1 aliphatic carbocycles. The van der Waals surface area contributed by atoms with Crippen LogP contribution in [0.4, 0.5) is 0 Å². The lowest BCUT2D eigenvalue weighted by Gasteiger charge is -2.19. The molecule has 0 saturated heterocycles. The molecule has 1 aliphatic heterocycles. The largest absolute Gasteiger partial charge is 0.456 e. The SMILES string of the molecule is C1=CC2Sc3ccccc3C2C=C1c1nc(-c2ccccc2)nc(-c2c3c(cc4c5ccccc5c5ccccc5c24)oc2ccccc23)n1. The quantitative estimate of drug-likeness (QED) is 0.177. The highest BCUT2D eigenvalue weighted by Gasteiger charge is 2.33. The van der Waals surface area contributed by atoms with E-state index in [1.54, 1.807) is 0 Å². The number of hydrogen-bond acceptors (Lipinski definition) is 5. The first-order valence-corrected chi connectivity index (χ1v) is 17.8. The van der Waals surface area contributed by atoms with Crippen LogP contribution in [0.2, 0.25) is 0 Å². The number of benzene rings is 7. The topological polar surface area (TPSA) is 51.8 Å². The zero-order valence-corrected chi connectivity index (χ0v) is 27.6. The minimum atomic E-state index is 0.258. The summed E-state index contributed by atoms with van der Waals surface area (Å²) < 4.78 is 6.63. The number of rotatable bonds is 3. The minimum Gasteiger partial charge on any atom is -0.456 e. The number of aromatic nitrogens is 3. The third-order valence-electron chi connectivity index (χ3n) is 10.2. The van der Waals surface area contributed by atoms with Crippen molar-refractivity contribution in [3.63, 3.8) is 0 Å². The summed E-state index contributed by atoms with van der Waals surface area (Å²) in [5.41, 5.74) is 5.93. The number of hydrogen-bond donors (Lipinski definition) is 0. The van der Waals surface area contributed by atoms with Gasteiger partial charge in [-0.2, -0.15) is 0 Å². The summed E-state index contributed by atoms with van der Waals surface area (Å²) in [5, 5.41) is 9.38. The fourth-order valence-corrected chi connectivity index (χ4v) is 9.34. The second-order valence-corrected chi connectivity index (χ2v) is 14.3. The van der Waals surface area contributed by atoms with E-state index in [2.05, 4.69) is 121 Å². The van der Waals surface area contributed by atoms with Crippen LogP contribution in [0.3, 0.4) is 0 Å². The Morgan fingerprint density at radius 1 is 0.520 bits per heavy atom. The van der Waals surface area contributed by atoms with E-state index in [4.69, 9.17) is 19.4 Å². The van der Waals surface area contributed by atoms with Crippen molar-refractivity contribution < 1.29 is 4.42 Å². The lowest BCUT2D eigenvalue weighted by molar-refractivity contribution is 0.669. The van der Waals surface area contributed by atoms with Gasteiger partial charge in [0.15, 0.2) is 17.5 Å². The Morgan fingerprint density at radius 3 is 2.00 bits per heavy atom. The molecular formula is C45H27N3OS. The van der Waals surface area contributed by atoms with Crippen LogP contribution in [-0.2, 0) is 0 Å². The molecule has 0 bridgehead atoms. The third kappa shape index (κ3) is 4.10. The molecule has 0 spiro atoms. The Hall–Kier alpha value is -6.04. The van der Waals surface area contributed by atoms with Gasteiger partial charge in [-0.3, -0.25) is 0 Å². The van der Waals surface area contributed by atoms with Crippen molar-refractivity contribution in [2.75, 3.05) is 0 Å². The Balaban J connectivity index is 1.28. The fraction of sp³-hybridized carbons (Fsp3) is 0.0444. The molecule has 2 atom stereocenters. The van der Waals surface area contributed by atoms with Gasteiger partial charge < -0.3 is 4.42 Å². The summed E-state index contributed by atoms with van der Waals surface area (Å²) in [7, 11) is 0. The molecule has 11 rings (SSSR count). The molecule has 5 heteroatoms. The molecule has 7 aromatic carbocycles. The van der Waals surface area contributed by atoms with Crippen LogP contribution in [-0.4, -0.2) is 20.2 Å². The van der Waals surface area contributed by atoms with Gasteiger partial charge >= 0.3 is 0 Å². The first-order chi connectivity index (χ1) is 24.8. The van der Waals surface area contributed by atoms with E-state index >= 15 is 0 Å². The average molecular weight is 658 g/mol. The standard InChI is InChI=1S/C45H27N3OS/c1-2-12-26(13-3-1)43-46-44(27-22-23-39-34(24-27)31-17-9-11-21-38(31)50-39)48-45(47-43)42-40-32-18-7-6-15-29(32)28-14-4-5-16-30(28)35(40)25-37-41(42)33-19-8-10-20-36(33)49-37/h1-25,34,39H. The van der Waals surface area contributed by atoms with Crippen molar-refractivity contribution in [2.45, 2.75) is 16.1 Å². The highest BCUT2D eigenvalue weighted by atomic mass is 32.2. The molecule has 50 heavy (non-hydrogen) atoms. The van der Waals surface area contributed by atoms with Crippen molar-refractivity contribution in [2.24, 2.45) is 0 Å². The summed E-state index contributed by atoms with van der Waals surface area (Å²) in [4.78, 5) is 17.2. The van der Waals surface area contributed by atoms with Gasteiger partial charge in [-0.25, -0.2) is 15.0 Å². The summed E-state index contributed by atoms with van der Waals surface area (Å²) in [6, 6.07) is 46.8. The first-order valence-electron chi connectivity index (χ1n) is 16.9. The number of furan rings is 1. The molecule has 0 fully saturated rings. The van der Waals surface area contributed by atoms with E-state index in [0.717, 1.165) is 54.8 Å². The molecule has 234 valence electrons. The molecule has 2 aliphatic rings. The van der Waals surface area contributed by atoms with E-state index in [1.165, 1.54) is 26.6 Å². The van der Waals surface area contributed by atoms with Gasteiger partial charge in [0.25, 0.3) is 0 Å². The van der Waals surface area contributed by atoms with Gasteiger partial charge in [0, 0.05) is 48.9 Å². The van der Waals surface area contributed by atoms with Gasteiger partial charge in [0.1, 0.15) is 11.2 Å².